The fourth-order valence-electron chi connectivity index (χ4n) is 3.74. The lowest BCUT2D eigenvalue weighted by Crippen LogP contribution is -2.12. The lowest BCUT2D eigenvalue weighted by molar-refractivity contribution is -0.144. The molecule has 0 aliphatic carbocycles. The minimum Gasteiger partial charge on any atom is -0.466 e. The van der Waals surface area contributed by atoms with Crippen LogP contribution in [0.25, 0.3) is 0 Å². The first-order valence-corrected chi connectivity index (χ1v) is 14.8. The molecule has 0 radical (unpaired) electrons. The van der Waals surface area contributed by atoms with E-state index in [1.807, 2.05) is 0 Å². The van der Waals surface area contributed by atoms with Crippen molar-refractivity contribution in [3.63, 3.8) is 0 Å². The zero-order valence-corrected chi connectivity index (χ0v) is 23.3. The molecule has 0 aromatic rings. The summed E-state index contributed by atoms with van der Waals surface area (Å²) in [6, 6.07) is 0. The molecule has 6 heteroatoms. The topological polar surface area (TPSA) is 63.2 Å². The van der Waals surface area contributed by atoms with Crippen LogP contribution in [0.15, 0.2) is 0 Å². The van der Waals surface area contributed by atoms with Crippen molar-refractivity contribution in [2.24, 2.45) is 0 Å². The highest BCUT2D eigenvalue weighted by Crippen LogP contribution is 2.08. The van der Waals surface area contributed by atoms with Crippen LogP contribution in [-0.4, -0.2) is 65.4 Å². The van der Waals surface area contributed by atoms with Gasteiger partial charge in [0.05, 0.1) is 46.2 Å². The van der Waals surface area contributed by atoms with Gasteiger partial charge in [-0.15, -0.1) is 0 Å². The van der Waals surface area contributed by atoms with Crippen LogP contribution in [0.1, 0.15) is 123 Å². The van der Waals surface area contributed by atoms with Gasteiger partial charge in [-0.25, -0.2) is 0 Å². The second kappa shape index (κ2) is 31.3. The molecular formula is C29H58O6. The normalized spacial score (nSPS) is 11.3. The Balaban J connectivity index is 3.11. The molecule has 0 heterocycles. The van der Waals surface area contributed by atoms with E-state index in [9.17, 15) is 4.79 Å². The van der Waals surface area contributed by atoms with E-state index in [4.69, 9.17) is 23.7 Å². The molecule has 0 rings (SSSR count). The predicted octanol–water partition coefficient (Wildman–Crippen LogP) is 7.27. The first kappa shape index (κ1) is 34.3. The number of ether oxygens (including phenoxy) is 5. The summed E-state index contributed by atoms with van der Waals surface area (Å²) >= 11 is 0. The molecule has 0 saturated heterocycles. The third-order valence-corrected chi connectivity index (χ3v) is 5.94. The van der Waals surface area contributed by atoms with Gasteiger partial charge in [0.2, 0.25) is 0 Å². The summed E-state index contributed by atoms with van der Waals surface area (Å²) < 4.78 is 27.4. The van der Waals surface area contributed by atoms with Gasteiger partial charge in [0.1, 0.15) is 0 Å². The summed E-state index contributed by atoms with van der Waals surface area (Å²) in [5.41, 5.74) is 0. The van der Waals surface area contributed by atoms with E-state index in [1.165, 1.54) is 77.0 Å². The summed E-state index contributed by atoms with van der Waals surface area (Å²) in [6.45, 7) is 9.92. The van der Waals surface area contributed by atoms with Crippen LogP contribution in [0, 0.1) is 0 Å². The maximum Gasteiger partial charge on any atom is 0.305 e. The van der Waals surface area contributed by atoms with Crippen molar-refractivity contribution in [1.29, 1.82) is 0 Å². The number of carbonyl (C=O) groups excluding carboxylic acids is 1. The quantitative estimate of drug-likeness (QED) is 0.0760. The molecule has 0 aromatic carbocycles. The van der Waals surface area contributed by atoms with Gasteiger partial charge in [-0.2, -0.15) is 0 Å². The number of rotatable bonds is 30. The zero-order valence-electron chi connectivity index (χ0n) is 23.3. The predicted molar refractivity (Wildman–Crippen MR) is 144 cm³/mol. The summed E-state index contributed by atoms with van der Waals surface area (Å²) in [7, 11) is 0. The second-order valence-corrected chi connectivity index (χ2v) is 9.37. The highest BCUT2D eigenvalue weighted by molar-refractivity contribution is 5.69. The fraction of sp³-hybridized carbons (Fsp3) is 0.966. The Kier molecular flexibility index (Phi) is 30.7. The molecule has 0 aliphatic rings. The Labute approximate surface area is 217 Å². The molecule has 0 bridgehead atoms. The highest BCUT2D eigenvalue weighted by Gasteiger charge is 2.02. The molecule has 0 amide bonds. The van der Waals surface area contributed by atoms with Crippen molar-refractivity contribution in [3.05, 3.63) is 0 Å². The van der Waals surface area contributed by atoms with Crippen LogP contribution in [0.4, 0.5) is 0 Å². The fourth-order valence-corrected chi connectivity index (χ4v) is 3.74. The molecule has 0 aliphatic heterocycles. The molecule has 210 valence electrons. The Bertz CT molecular complexity index is 405. The number of esters is 1. The molecule has 0 saturated carbocycles. The number of unbranched alkanes of at least 4 members (excludes halogenated alkanes) is 13. The lowest BCUT2D eigenvalue weighted by atomic mass is 10.1. The SMILES string of the molecule is CCCCCCCCCCOCCOCCOCCOCCCC(=O)OCCCCCCCCC. The van der Waals surface area contributed by atoms with E-state index in [0.717, 1.165) is 25.9 Å². The smallest absolute Gasteiger partial charge is 0.305 e. The first-order valence-electron chi connectivity index (χ1n) is 14.8. The maximum atomic E-state index is 11.7. The van der Waals surface area contributed by atoms with Crippen LogP contribution in [-0.2, 0) is 28.5 Å². The molecule has 35 heavy (non-hydrogen) atoms. The Morgan fingerprint density at radius 1 is 0.400 bits per heavy atom. The van der Waals surface area contributed by atoms with Crippen molar-refractivity contribution in [1.82, 2.24) is 0 Å². The average Bonchev–Trinajstić information content (AvgIpc) is 2.86. The Morgan fingerprint density at radius 2 is 0.743 bits per heavy atom. The molecule has 0 spiro atoms. The van der Waals surface area contributed by atoms with Gasteiger partial charge in [-0.1, -0.05) is 97.3 Å². The molecule has 0 N–H and O–H groups in total. The van der Waals surface area contributed by atoms with Crippen molar-refractivity contribution in [3.8, 4) is 0 Å². The van der Waals surface area contributed by atoms with E-state index in [-0.39, 0.29) is 5.97 Å². The average molecular weight is 503 g/mol. The molecule has 0 unspecified atom stereocenters. The number of hydrogen-bond acceptors (Lipinski definition) is 6. The zero-order chi connectivity index (χ0) is 25.5. The van der Waals surface area contributed by atoms with Crippen molar-refractivity contribution in [2.75, 3.05) is 59.5 Å². The summed E-state index contributed by atoms with van der Waals surface area (Å²) in [4.78, 5) is 11.7. The standard InChI is InChI=1S/C29H58O6/c1-3-5-7-9-11-13-14-16-20-31-23-25-33-27-28-34-26-24-32-21-18-19-29(30)35-22-17-15-12-10-8-6-4-2/h3-28H2,1-2H3. The molecular weight excluding hydrogens is 444 g/mol. The number of hydrogen-bond donors (Lipinski definition) is 0. The largest absolute Gasteiger partial charge is 0.466 e. The second-order valence-electron chi connectivity index (χ2n) is 9.37. The van der Waals surface area contributed by atoms with E-state index < -0.39 is 0 Å². The van der Waals surface area contributed by atoms with Crippen LogP contribution in [0.3, 0.4) is 0 Å². The van der Waals surface area contributed by atoms with Gasteiger partial charge in [0.25, 0.3) is 0 Å². The van der Waals surface area contributed by atoms with E-state index in [0.29, 0.717) is 65.7 Å². The van der Waals surface area contributed by atoms with Crippen LogP contribution < -0.4 is 0 Å². The van der Waals surface area contributed by atoms with E-state index in [1.54, 1.807) is 0 Å². The van der Waals surface area contributed by atoms with Crippen LogP contribution >= 0.6 is 0 Å². The third-order valence-electron chi connectivity index (χ3n) is 5.94. The van der Waals surface area contributed by atoms with Crippen LogP contribution in [0.2, 0.25) is 0 Å². The van der Waals surface area contributed by atoms with Crippen molar-refractivity contribution in [2.45, 2.75) is 123 Å². The van der Waals surface area contributed by atoms with Gasteiger partial charge in [0, 0.05) is 19.6 Å². The minimum absolute atomic E-state index is 0.116. The van der Waals surface area contributed by atoms with Gasteiger partial charge in [-0.3, -0.25) is 4.79 Å². The van der Waals surface area contributed by atoms with Gasteiger partial charge < -0.3 is 23.7 Å². The van der Waals surface area contributed by atoms with E-state index >= 15 is 0 Å². The summed E-state index contributed by atoms with van der Waals surface area (Å²) in [5.74, 6) is -0.116. The maximum absolute atomic E-state index is 11.7. The molecule has 0 aromatic heterocycles. The summed E-state index contributed by atoms with van der Waals surface area (Å²) in [5, 5.41) is 0. The lowest BCUT2D eigenvalue weighted by Gasteiger charge is -2.08. The van der Waals surface area contributed by atoms with Gasteiger partial charge in [-0.05, 0) is 19.3 Å². The highest BCUT2D eigenvalue weighted by atomic mass is 16.6. The monoisotopic (exact) mass is 502 g/mol. The minimum atomic E-state index is -0.116. The summed E-state index contributed by atoms with van der Waals surface area (Å²) in [6.07, 6.45) is 20.3. The Morgan fingerprint density at radius 3 is 1.20 bits per heavy atom. The molecule has 6 nitrogen and oxygen atoms in total. The van der Waals surface area contributed by atoms with Gasteiger partial charge in [0.15, 0.2) is 0 Å². The van der Waals surface area contributed by atoms with Crippen molar-refractivity contribution < 1.29 is 28.5 Å². The van der Waals surface area contributed by atoms with Crippen molar-refractivity contribution >= 4 is 5.97 Å². The molecule has 0 fully saturated rings. The van der Waals surface area contributed by atoms with Gasteiger partial charge >= 0.3 is 5.97 Å². The third kappa shape index (κ3) is 31.3. The van der Waals surface area contributed by atoms with E-state index in [2.05, 4.69) is 13.8 Å². The van der Waals surface area contributed by atoms with Crippen LogP contribution in [0.5, 0.6) is 0 Å². The number of carbonyl (C=O) groups is 1. The Hall–Kier alpha value is -0.690. The first-order chi connectivity index (χ1) is 17.3. The molecule has 0 atom stereocenters.